The van der Waals surface area contributed by atoms with Crippen molar-refractivity contribution in [1.29, 1.82) is 0 Å². The molecule has 0 bridgehead atoms. The molecule has 4 heterocycles. The van der Waals surface area contributed by atoms with E-state index in [4.69, 9.17) is 0 Å². The molecule has 1 aliphatic rings. The van der Waals surface area contributed by atoms with Gasteiger partial charge in [-0.3, -0.25) is 0 Å². The molecule has 30 heavy (non-hydrogen) atoms. The first-order chi connectivity index (χ1) is 14.5. The summed E-state index contributed by atoms with van der Waals surface area (Å²) >= 11 is 10.2. The van der Waals surface area contributed by atoms with Crippen LogP contribution >= 0.6 is 47.8 Å². The summed E-state index contributed by atoms with van der Waals surface area (Å²) in [5.74, 6) is 0.473. The second-order valence-corrected chi connectivity index (χ2v) is 9.84. The number of hydrogen-bond donors (Lipinski definition) is 1. The van der Waals surface area contributed by atoms with Gasteiger partial charge < -0.3 is 0 Å². The highest BCUT2D eigenvalue weighted by atomic mass is 79.9. The summed E-state index contributed by atoms with van der Waals surface area (Å²) in [7, 11) is 0. The number of nitrogens with one attached hydrogen (secondary N) is 1. The van der Waals surface area contributed by atoms with Gasteiger partial charge in [-0.1, -0.05) is 18.2 Å². The molecule has 0 spiro atoms. The van der Waals surface area contributed by atoms with Crippen molar-refractivity contribution in [3.05, 3.63) is 85.5 Å². The molecule has 4 rings (SSSR count). The first-order valence-corrected chi connectivity index (χ1v) is 12.0. The average molecular weight is 597 g/mol. The van der Waals surface area contributed by atoms with E-state index in [-0.39, 0.29) is 0 Å². The molecule has 0 amide bonds. The van der Waals surface area contributed by atoms with Crippen molar-refractivity contribution in [3.8, 4) is 0 Å². The van der Waals surface area contributed by atoms with Crippen LogP contribution in [0.15, 0.2) is 68.8 Å². The van der Waals surface area contributed by atoms with Crippen LogP contribution in [-0.2, 0) is 19.5 Å². The summed E-state index contributed by atoms with van der Waals surface area (Å²) in [6.07, 6.45) is 6.76. The fourth-order valence-electron chi connectivity index (χ4n) is 3.59. The summed E-state index contributed by atoms with van der Waals surface area (Å²) in [4.78, 5) is 13.1. The Balaban J connectivity index is 1.47. The second-order valence-electron chi connectivity index (χ2n) is 7.40. The zero-order valence-corrected chi connectivity index (χ0v) is 20.9. The van der Waals surface area contributed by atoms with Crippen LogP contribution in [-0.4, -0.2) is 38.1 Å². The maximum atomic E-state index is 4.38. The first-order valence-electron chi connectivity index (χ1n) is 9.61. The van der Waals surface area contributed by atoms with Crippen molar-refractivity contribution in [3.63, 3.8) is 0 Å². The highest BCUT2D eigenvalue weighted by Gasteiger charge is 2.26. The fraction of sp³-hybridized carbons (Fsp3) is 0.286. The van der Waals surface area contributed by atoms with E-state index in [2.05, 4.69) is 96.5 Å². The van der Waals surface area contributed by atoms with E-state index in [1.165, 1.54) is 16.7 Å². The zero-order chi connectivity index (χ0) is 20.9. The van der Waals surface area contributed by atoms with Crippen molar-refractivity contribution < 1.29 is 0 Å². The fourth-order valence-corrected chi connectivity index (χ4v) is 4.30. The minimum absolute atomic E-state index is 0.473. The van der Waals surface area contributed by atoms with E-state index in [0.29, 0.717) is 5.92 Å². The molecule has 1 N–H and O–H groups in total. The van der Waals surface area contributed by atoms with Gasteiger partial charge in [-0.05, 0) is 95.0 Å². The largest absolute Gasteiger partial charge is 0.249 e. The summed E-state index contributed by atoms with van der Waals surface area (Å²) in [5, 5.41) is 4.52. The number of nitrogens with zero attached hydrogens (tertiary/aromatic N) is 5. The topological polar surface area (TPSA) is 57.2 Å². The van der Waals surface area contributed by atoms with Crippen LogP contribution in [0, 0.1) is 5.92 Å². The standard InChI is InChI=1S/C21H21Br3N6/c22-19-4-1-15(8-25-19)7-18-13-29(11-16-2-5-20(23)26-9-16)28-30(14-18)12-17-3-6-21(24)27-10-17/h1-6,8-10,18,28H,7,11-14H2. The zero-order valence-electron chi connectivity index (χ0n) is 16.2. The molecule has 9 heteroatoms. The molecule has 0 unspecified atom stereocenters. The molecule has 1 saturated heterocycles. The second kappa shape index (κ2) is 10.4. The third-order valence-corrected chi connectivity index (χ3v) is 6.28. The molecule has 3 aromatic heterocycles. The molecule has 3 aromatic rings. The van der Waals surface area contributed by atoms with E-state index in [1.54, 1.807) is 0 Å². The van der Waals surface area contributed by atoms with E-state index in [0.717, 1.165) is 46.4 Å². The van der Waals surface area contributed by atoms with Crippen LogP contribution in [0.1, 0.15) is 16.7 Å². The maximum absolute atomic E-state index is 4.38. The van der Waals surface area contributed by atoms with Crippen molar-refractivity contribution in [1.82, 2.24) is 30.5 Å². The molecule has 0 radical (unpaired) electrons. The Bertz CT molecular complexity index is 817. The van der Waals surface area contributed by atoms with Crippen LogP contribution < -0.4 is 5.53 Å². The molecule has 1 fully saturated rings. The van der Waals surface area contributed by atoms with Crippen LogP contribution in [0.3, 0.4) is 0 Å². The van der Waals surface area contributed by atoms with Gasteiger partial charge in [-0.2, -0.15) is 5.53 Å². The Morgan fingerprint density at radius 1 is 0.700 bits per heavy atom. The Hall–Kier alpha value is -1.23. The lowest BCUT2D eigenvalue weighted by Gasteiger charge is -2.41. The van der Waals surface area contributed by atoms with Gasteiger partial charge in [-0.15, -0.1) is 0 Å². The van der Waals surface area contributed by atoms with Gasteiger partial charge in [0.2, 0.25) is 0 Å². The third-order valence-electron chi connectivity index (χ3n) is 4.88. The summed E-state index contributed by atoms with van der Waals surface area (Å²) in [5.41, 5.74) is 7.16. The number of hydrogen-bond acceptors (Lipinski definition) is 6. The Morgan fingerprint density at radius 3 is 1.53 bits per heavy atom. The predicted octanol–water partition coefficient (Wildman–Crippen LogP) is 4.76. The van der Waals surface area contributed by atoms with E-state index < -0.39 is 0 Å². The highest BCUT2D eigenvalue weighted by Crippen LogP contribution is 2.19. The quantitative estimate of drug-likeness (QED) is 0.415. The Morgan fingerprint density at radius 2 is 1.13 bits per heavy atom. The lowest BCUT2D eigenvalue weighted by atomic mass is 9.99. The summed E-state index contributed by atoms with van der Waals surface area (Å²) in [6.45, 7) is 3.46. The van der Waals surface area contributed by atoms with Gasteiger partial charge in [0.05, 0.1) is 0 Å². The smallest absolute Gasteiger partial charge is 0.106 e. The van der Waals surface area contributed by atoms with Crippen molar-refractivity contribution >= 4 is 47.8 Å². The van der Waals surface area contributed by atoms with E-state index >= 15 is 0 Å². The third kappa shape index (κ3) is 6.38. The molecule has 0 atom stereocenters. The SMILES string of the molecule is Brc1ccc(CC2CN(Cc3ccc(Br)nc3)NN(Cc3ccc(Br)nc3)C2)cn1. The van der Waals surface area contributed by atoms with Gasteiger partial charge in [0.15, 0.2) is 0 Å². The molecular weight excluding hydrogens is 576 g/mol. The average Bonchev–Trinajstić information content (AvgIpc) is 2.73. The van der Waals surface area contributed by atoms with Gasteiger partial charge in [0, 0.05) is 44.8 Å². The molecule has 6 nitrogen and oxygen atoms in total. The van der Waals surface area contributed by atoms with Crippen molar-refractivity contribution in [2.75, 3.05) is 13.1 Å². The molecule has 0 saturated carbocycles. The van der Waals surface area contributed by atoms with E-state index in [9.17, 15) is 0 Å². The van der Waals surface area contributed by atoms with Gasteiger partial charge in [0.25, 0.3) is 0 Å². The molecule has 1 aliphatic heterocycles. The van der Waals surface area contributed by atoms with Gasteiger partial charge in [-0.25, -0.2) is 25.0 Å². The van der Waals surface area contributed by atoms with Crippen LogP contribution in [0.4, 0.5) is 0 Å². The van der Waals surface area contributed by atoms with Gasteiger partial charge in [0.1, 0.15) is 13.8 Å². The Kier molecular flexibility index (Phi) is 7.61. The number of rotatable bonds is 6. The Labute approximate surface area is 201 Å². The molecular formula is C21H21Br3N6. The molecule has 0 aromatic carbocycles. The predicted molar refractivity (Wildman–Crippen MR) is 127 cm³/mol. The van der Waals surface area contributed by atoms with Crippen LogP contribution in [0.25, 0.3) is 0 Å². The van der Waals surface area contributed by atoms with Gasteiger partial charge >= 0.3 is 0 Å². The maximum Gasteiger partial charge on any atom is 0.106 e. The minimum atomic E-state index is 0.473. The minimum Gasteiger partial charge on any atom is -0.249 e. The monoisotopic (exact) mass is 594 g/mol. The van der Waals surface area contributed by atoms with Crippen LogP contribution in [0.5, 0.6) is 0 Å². The van der Waals surface area contributed by atoms with Crippen molar-refractivity contribution in [2.24, 2.45) is 5.92 Å². The van der Waals surface area contributed by atoms with E-state index in [1.807, 2.05) is 36.8 Å². The number of halogens is 3. The highest BCUT2D eigenvalue weighted by molar-refractivity contribution is 9.11. The summed E-state index contributed by atoms with van der Waals surface area (Å²) < 4.78 is 2.57. The van der Waals surface area contributed by atoms with Crippen LogP contribution in [0.2, 0.25) is 0 Å². The number of aromatic nitrogens is 3. The lowest BCUT2D eigenvalue weighted by molar-refractivity contribution is -0.0541. The summed E-state index contributed by atoms with van der Waals surface area (Å²) in [6, 6.07) is 12.3. The normalized spacial score (nSPS) is 16.1. The molecule has 0 aliphatic carbocycles. The number of pyridine rings is 3. The van der Waals surface area contributed by atoms with Crippen molar-refractivity contribution in [2.45, 2.75) is 19.5 Å². The first kappa shape index (κ1) is 22.0. The lowest BCUT2D eigenvalue weighted by Crippen LogP contribution is -2.58. The number of hydrazine groups is 2. The molecule has 156 valence electrons.